The summed E-state index contributed by atoms with van der Waals surface area (Å²) in [6.07, 6.45) is 3.93. The van der Waals surface area contributed by atoms with E-state index < -0.39 is 0 Å². The van der Waals surface area contributed by atoms with Crippen molar-refractivity contribution >= 4 is 0 Å². The Morgan fingerprint density at radius 2 is 1.93 bits per heavy atom. The molecule has 0 radical (unpaired) electrons. The first-order valence-corrected chi connectivity index (χ1v) is 5.98. The SMILES string of the molecule is CC(NCCc1ccccc1)C1(C)CC1. The third-order valence-electron chi connectivity index (χ3n) is 3.79. The average molecular weight is 203 g/mol. The van der Waals surface area contributed by atoms with Crippen molar-refractivity contribution < 1.29 is 0 Å². The fourth-order valence-electron chi connectivity index (χ4n) is 1.95. The van der Waals surface area contributed by atoms with E-state index in [0.717, 1.165) is 13.0 Å². The summed E-state index contributed by atoms with van der Waals surface area (Å²) in [6, 6.07) is 11.4. The maximum Gasteiger partial charge on any atom is 0.00926 e. The Kier molecular flexibility index (Phi) is 3.11. The molecule has 1 aliphatic carbocycles. The number of benzene rings is 1. The number of rotatable bonds is 5. The lowest BCUT2D eigenvalue weighted by Gasteiger charge is -2.20. The van der Waals surface area contributed by atoms with E-state index in [-0.39, 0.29) is 0 Å². The van der Waals surface area contributed by atoms with Crippen LogP contribution in [0.15, 0.2) is 30.3 Å². The topological polar surface area (TPSA) is 12.0 Å². The summed E-state index contributed by atoms with van der Waals surface area (Å²) in [7, 11) is 0. The van der Waals surface area contributed by atoms with Gasteiger partial charge >= 0.3 is 0 Å². The molecular weight excluding hydrogens is 182 g/mol. The van der Waals surface area contributed by atoms with Gasteiger partial charge in [0.2, 0.25) is 0 Å². The van der Waals surface area contributed by atoms with Crippen molar-refractivity contribution in [3.8, 4) is 0 Å². The van der Waals surface area contributed by atoms with Crippen LogP contribution in [0.1, 0.15) is 32.3 Å². The van der Waals surface area contributed by atoms with Gasteiger partial charge in [-0.2, -0.15) is 0 Å². The van der Waals surface area contributed by atoms with Gasteiger partial charge in [0, 0.05) is 6.04 Å². The summed E-state index contributed by atoms with van der Waals surface area (Å²) in [6.45, 7) is 5.80. The maximum absolute atomic E-state index is 3.63. The summed E-state index contributed by atoms with van der Waals surface area (Å²) in [5.41, 5.74) is 2.02. The largest absolute Gasteiger partial charge is 0.313 e. The molecule has 0 aromatic heterocycles. The van der Waals surface area contributed by atoms with E-state index in [1.807, 2.05) is 0 Å². The maximum atomic E-state index is 3.63. The zero-order valence-corrected chi connectivity index (χ0v) is 9.79. The zero-order chi connectivity index (χ0) is 10.7. The molecule has 0 heterocycles. The Labute approximate surface area is 92.9 Å². The highest BCUT2D eigenvalue weighted by atomic mass is 14.9. The fourth-order valence-corrected chi connectivity index (χ4v) is 1.95. The molecule has 1 aromatic rings. The lowest BCUT2D eigenvalue weighted by molar-refractivity contribution is 0.383. The van der Waals surface area contributed by atoms with Gasteiger partial charge in [-0.25, -0.2) is 0 Å². The Balaban J connectivity index is 1.71. The van der Waals surface area contributed by atoms with Gasteiger partial charge in [0.1, 0.15) is 0 Å². The molecule has 0 saturated heterocycles. The molecule has 1 aromatic carbocycles. The number of hydrogen-bond acceptors (Lipinski definition) is 1. The molecule has 1 fully saturated rings. The van der Waals surface area contributed by atoms with Crippen LogP contribution in [0.4, 0.5) is 0 Å². The first-order chi connectivity index (χ1) is 7.21. The predicted molar refractivity (Wildman–Crippen MR) is 65.0 cm³/mol. The molecule has 1 saturated carbocycles. The van der Waals surface area contributed by atoms with Gasteiger partial charge < -0.3 is 5.32 Å². The van der Waals surface area contributed by atoms with Crippen LogP contribution < -0.4 is 5.32 Å². The van der Waals surface area contributed by atoms with E-state index in [1.54, 1.807) is 0 Å². The highest BCUT2D eigenvalue weighted by Gasteiger charge is 2.41. The van der Waals surface area contributed by atoms with E-state index in [9.17, 15) is 0 Å². The van der Waals surface area contributed by atoms with Gasteiger partial charge in [0.05, 0.1) is 0 Å². The molecule has 1 N–H and O–H groups in total. The molecule has 2 rings (SSSR count). The van der Waals surface area contributed by atoms with Gasteiger partial charge in [0.25, 0.3) is 0 Å². The second kappa shape index (κ2) is 4.36. The number of hydrogen-bond donors (Lipinski definition) is 1. The molecule has 0 aliphatic heterocycles. The average Bonchev–Trinajstić information content (AvgIpc) is 2.99. The minimum Gasteiger partial charge on any atom is -0.313 e. The van der Waals surface area contributed by atoms with E-state index >= 15 is 0 Å². The first-order valence-electron chi connectivity index (χ1n) is 5.98. The van der Waals surface area contributed by atoms with Crippen molar-refractivity contribution in [2.45, 2.75) is 39.2 Å². The minimum absolute atomic E-state index is 0.594. The monoisotopic (exact) mass is 203 g/mol. The van der Waals surface area contributed by atoms with Crippen LogP contribution in [0.3, 0.4) is 0 Å². The molecule has 1 heteroatoms. The van der Waals surface area contributed by atoms with Gasteiger partial charge in [-0.1, -0.05) is 37.3 Å². The Bertz CT molecular complexity index is 300. The molecule has 1 atom stereocenters. The van der Waals surface area contributed by atoms with E-state index in [2.05, 4.69) is 49.5 Å². The minimum atomic E-state index is 0.594. The molecule has 0 amide bonds. The van der Waals surface area contributed by atoms with Crippen molar-refractivity contribution in [3.63, 3.8) is 0 Å². The second-order valence-electron chi connectivity index (χ2n) is 5.07. The third kappa shape index (κ3) is 2.82. The highest BCUT2D eigenvalue weighted by molar-refractivity contribution is 5.14. The molecular formula is C14H21N. The summed E-state index contributed by atoms with van der Waals surface area (Å²) in [5, 5.41) is 3.63. The molecule has 0 spiro atoms. The number of nitrogens with one attached hydrogen (secondary N) is 1. The summed E-state index contributed by atoms with van der Waals surface area (Å²) < 4.78 is 0. The Morgan fingerprint density at radius 1 is 1.27 bits per heavy atom. The van der Waals surface area contributed by atoms with Crippen LogP contribution in [0.5, 0.6) is 0 Å². The molecule has 1 unspecified atom stereocenters. The Morgan fingerprint density at radius 3 is 2.53 bits per heavy atom. The summed E-state index contributed by atoms with van der Waals surface area (Å²) in [5.74, 6) is 0. The highest BCUT2D eigenvalue weighted by Crippen LogP contribution is 2.47. The fraction of sp³-hybridized carbons (Fsp3) is 0.571. The standard InChI is InChI=1S/C14H21N/c1-12(14(2)9-10-14)15-11-8-13-6-4-3-5-7-13/h3-7,12,15H,8-11H2,1-2H3. The van der Waals surface area contributed by atoms with Crippen molar-refractivity contribution in [1.29, 1.82) is 0 Å². The molecule has 15 heavy (non-hydrogen) atoms. The van der Waals surface area contributed by atoms with Gasteiger partial charge in [0.15, 0.2) is 0 Å². The van der Waals surface area contributed by atoms with Crippen molar-refractivity contribution in [1.82, 2.24) is 5.32 Å². The van der Waals surface area contributed by atoms with Crippen molar-refractivity contribution in [3.05, 3.63) is 35.9 Å². The van der Waals surface area contributed by atoms with Crippen LogP contribution in [0, 0.1) is 5.41 Å². The molecule has 0 bridgehead atoms. The first kappa shape index (κ1) is 10.7. The molecule has 1 nitrogen and oxygen atoms in total. The van der Waals surface area contributed by atoms with Crippen LogP contribution in [0.2, 0.25) is 0 Å². The van der Waals surface area contributed by atoms with Crippen molar-refractivity contribution in [2.24, 2.45) is 5.41 Å². The van der Waals surface area contributed by atoms with Gasteiger partial charge in [-0.3, -0.25) is 0 Å². The van der Waals surface area contributed by atoms with Crippen LogP contribution >= 0.6 is 0 Å². The van der Waals surface area contributed by atoms with E-state index in [1.165, 1.54) is 18.4 Å². The quantitative estimate of drug-likeness (QED) is 0.775. The lowest BCUT2D eigenvalue weighted by Crippen LogP contribution is -2.34. The zero-order valence-electron chi connectivity index (χ0n) is 9.79. The lowest BCUT2D eigenvalue weighted by atomic mass is 10.0. The van der Waals surface area contributed by atoms with Gasteiger partial charge in [-0.15, -0.1) is 0 Å². The van der Waals surface area contributed by atoms with E-state index in [4.69, 9.17) is 0 Å². The summed E-state index contributed by atoms with van der Waals surface area (Å²) in [4.78, 5) is 0. The Hall–Kier alpha value is -0.820. The van der Waals surface area contributed by atoms with E-state index in [0.29, 0.717) is 11.5 Å². The smallest absolute Gasteiger partial charge is 0.00926 e. The van der Waals surface area contributed by atoms with Crippen molar-refractivity contribution in [2.75, 3.05) is 6.54 Å². The second-order valence-corrected chi connectivity index (χ2v) is 5.07. The van der Waals surface area contributed by atoms with Crippen LogP contribution in [0.25, 0.3) is 0 Å². The third-order valence-corrected chi connectivity index (χ3v) is 3.79. The summed E-state index contributed by atoms with van der Waals surface area (Å²) >= 11 is 0. The van der Waals surface area contributed by atoms with Crippen LogP contribution in [-0.4, -0.2) is 12.6 Å². The molecule has 82 valence electrons. The van der Waals surface area contributed by atoms with Gasteiger partial charge in [-0.05, 0) is 43.7 Å². The van der Waals surface area contributed by atoms with Crippen LogP contribution in [-0.2, 0) is 6.42 Å². The normalized spacial score (nSPS) is 19.9. The predicted octanol–water partition coefficient (Wildman–Crippen LogP) is 3.01. The molecule has 1 aliphatic rings.